The lowest BCUT2D eigenvalue weighted by atomic mass is 9.85. The molecule has 6 heteroatoms. The fourth-order valence-electron chi connectivity index (χ4n) is 1.73. The van der Waals surface area contributed by atoms with Crippen molar-refractivity contribution in [2.45, 2.75) is 39.2 Å². The molecule has 0 aliphatic heterocycles. The van der Waals surface area contributed by atoms with Crippen molar-refractivity contribution >= 4 is 15.7 Å². The third-order valence-electron chi connectivity index (χ3n) is 3.25. The van der Waals surface area contributed by atoms with Crippen LogP contribution in [0.15, 0.2) is 24.3 Å². The second kappa shape index (κ2) is 7.24. The van der Waals surface area contributed by atoms with Crippen molar-refractivity contribution in [2.24, 2.45) is 5.73 Å². The van der Waals surface area contributed by atoms with E-state index in [1.807, 2.05) is 26.0 Å². The predicted octanol–water partition coefficient (Wildman–Crippen LogP) is 2.09. The minimum absolute atomic E-state index is 0.0259. The number of benzene rings is 1. The molecule has 0 aromatic heterocycles. The molecule has 1 aromatic rings. The summed E-state index contributed by atoms with van der Waals surface area (Å²) in [7, 11) is -3.38. The first-order valence-corrected chi connectivity index (χ1v) is 8.74. The van der Waals surface area contributed by atoms with Gasteiger partial charge in [0.2, 0.25) is 10.0 Å². The van der Waals surface area contributed by atoms with Gasteiger partial charge in [0.15, 0.2) is 0 Å². The van der Waals surface area contributed by atoms with Gasteiger partial charge < -0.3 is 10.5 Å². The average Bonchev–Trinajstić information content (AvgIpc) is 2.38. The van der Waals surface area contributed by atoms with E-state index in [-0.39, 0.29) is 23.9 Å². The summed E-state index contributed by atoms with van der Waals surface area (Å²) in [6.07, 6.45) is 0.0259. The molecule has 0 aliphatic carbocycles. The van der Waals surface area contributed by atoms with E-state index in [4.69, 9.17) is 10.5 Å². The molecule has 0 bridgehead atoms. The third-order valence-corrected chi connectivity index (χ3v) is 4.50. The molecular weight excluding hydrogens is 288 g/mol. The van der Waals surface area contributed by atoms with E-state index in [0.717, 1.165) is 5.56 Å². The summed E-state index contributed by atoms with van der Waals surface area (Å²) in [5.41, 5.74) is 7.24. The fourth-order valence-corrected chi connectivity index (χ4v) is 2.64. The Kier molecular flexibility index (Phi) is 6.19. The lowest BCUT2D eigenvalue weighted by Gasteiger charge is -2.23. The summed E-state index contributed by atoms with van der Waals surface area (Å²) < 4.78 is 31.6. The maximum Gasteiger partial charge on any atom is 0.234 e. The first-order valence-electron chi connectivity index (χ1n) is 7.09. The van der Waals surface area contributed by atoms with Gasteiger partial charge in [0, 0.05) is 17.6 Å². The molecule has 0 radical (unpaired) electrons. The van der Waals surface area contributed by atoms with Gasteiger partial charge >= 0.3 is 0 Å². The molecular formula is C15H26N2O3S. The van der Waals surface area contributed by atoms with Crippen molar-refractivity contribution in [3.05, 3.63) is 29.8 Å². The Morgan fingerprint density at radius 3 is 2.29 bits per heavy atom. The van der Waals surface area contributed by atoms with Crippen LogP contribution < -0.4 is 10.5 Å². The summed E-state index contributed by atoms with van der Waals surface area (Å²) >= 11 is 0. The van der Waals surface area contributed by atoms with Crippen LogP contribution in [0.3, 0.4) is 0 Å². The summed E-state index contributed by atoms with van der Waals surface area (Å²) in [5.74, 6) is -0.0543. The molecule has 0 amide bonds. The normalized spacial score (nSPS) is 12.7. The Labute approximate surface area is 127 Å². The minimum atomic E-state index is -3.38. The Morgan fingerprint density at radius 1 is 1.24 bits per heavy atom. The smallest absolute Gasteiger partial charge is 0.234 e. The molecule has 0 saturated heterocycles. The zero-order valence-electron chi connectivity index (χ0n) is 13.2. The van der Waals surface area contributed by atoms with Gasteiger partial charge in [-0.25, -0.2) is 8.42 Å². The minimum Gasteiger partial charge on any atom is -0.378 e. The number of hydrogen-bond donors (Lipinski definition) is 2. The first-order chi connectivity index (χ1) is 9.66. The first kappa shape index (κ1) is 17.9. The highest BCUT2D eigenvalue weighted by Gasteiger charge is 2.18. The van der Waals surface area contributed by atoms with Crippen molar-refractivity contribution in [1.29, 1.82) is 0 Å². The zero-order valence-corrected chi connectivity index (χ0v) is 14.0. The van der Waals surface area contributed by atoms with Gasteiger partial charge in [0.1, 0.15) is 0 Å². The van der Waals surface area contributed by atoms with Crippen LogP contribution in [0, 0.1) is 0 Å². The molecule has 0 heterocycles. The highest BCUT2D eigenvalue weighted by Crippen LogP contribution is 2.23. The van der Waals surface area contributed by atoms with Gasteiger partial charge in [-0.05, 0) is 31.5 Å². The fraction of sp³-hybridized carbons (Fsp3) is 0.600. The van der Waals surface area contributed by atoms with Crippen molar-refractivity contribution in [1.82, 2.24) is 0 Å². The summed E-state index contributed by atoms with van der Waals surface area (Å²) in [5, 5.41) is 0. The second-order valence-electron chi connectivity index (χ2n) is 6.01. The second-order valence-corrected chi connectivity index (χ2v) is 7.85. The van der Waals surface area contributed by atoms with E-state index in [9.17, 15) is 8.42 Å². The Morgan fingerprint density at radius 2 is 1.81 bits per heavy atom. The predicted molar refractivity (Wildman–Crippen MR) is 87.0 cm³/mol. The Hall–Kier alpha value is -1.11. The van der Waals surface area contributed by atoms with Crippen molar-refractivity contribution in [3.63, 3.8) is 0 Å². The maximum atomic E-state index is 11.9. The molecule has 0 atom stereocenters. The van der Waals surface area contributed by atoms with Crippen molar-refractivity contribution in [2.75, 3.05) is 23.6 Å². The van der Waals surface area contributed by atoms with Gasteiger partial charge in [-0.3, -0.25) is 4.72 Å². The van der Waals surface area contributed by atoms with Gasteiger partial charge in [0.05, 0.1) is 18.5 Å². The molecule has 1 rings (SSSR count). The molecule has 120 valence electrons. The molecule has 0 fully saturated rings. The van der Waals surface area contributed by atoms with Gasteiger partial charge in [-0.15, -0.1) is 0 Å². The third kappa shape index (κ3) is 6.03. The zero-order chi connectivity index (χ0) is 16.1. The van der Waals surface area contributed by atoms with Crippen LogP contribution in [0.5, 0.6) is 0 Å². The van der Waals surface area contributed by atoms with Gasteiger partial charge in [0.25, 0.3) is 0 Å². The SMILES string of the molecule is CC(C)OCCS(=O)(=O)Nc1ccc(C(C)(C)CN)cc1. The summed E-state index contributed by atoms with van der Waals surface area (Å²) in [6, 6.07) is 7.31. The molecule has 1 aromatic carbocycles. The van der Waals surface area contributed by atoms with Crippen LogP contribution in [0.25, 0.3) is 0 Å². The molecule has 0 unspecified atom stereocenters. The largest absolute Gasteiger partial charge is 0.378 e. The number of ether oxygens (including phenoxy) is 1. The number of nitrogens with two attached hydrogens (primary N) is 1. The van der Waals surface area contributed by atoms with E-state index in [0.29, 0.717) is 12.2 Å². The van der Waals surface area contributed by atoms with Crippen LogP contribution in [-0.4, -0.2) is 33.4 Å². The molecule has 3 N–H and O–H groups in total. The van der Waals surface area contributed by atoms with Crippen molar-refractivity contribution in [3.8, 4) is 0 Å². The monoisotopic (exact) mass is 314 g/mol. The van der Waals surface area contributed by atoms with Crippen LogP contribution >= 0.6 is 0 Å². The van der Waals surface area contributed by atoms with Gasteiger partial charge in [-0.2, -0.15) is 0 Å². The van der Waals surface area contributed by atoms with E-state index in [1.165, 1.54) is 0 Å². The number of sulfonamides is 1. The topological polar surface area (TPSA) is 81.4 Å². The number of rotatable bonds is 8. The summed E-state index contributed by atoms with van der Waals surface area (Å²) in [4.78, 5) is 0. The molecule has 5 nitrogen and oxygen atoms in total. The average molecular weight is 314 g/mol. The standard InChI is InChI=1S/C15H26N2O3S/c1-12(2)20-9-10-21(18,19)17-14-7-5-13(6-8-14)15(3,4)11-16/h5-8,12,17H,9-11,16H2,1-4H3. The highest BCUT2D eigenvalue weighted by molar-refractivity contribution is 7.92. The van der Waals surface area contributed by atoms with E-state index in [1.54, 1.807) is 12.1 Å². The summed E-state index contributed by atoms with van der Waals surface area (Å²) in [6.45, 7) is 8.57. The van der Waals surface area contributed by atoms with Crippen LogP contribution in [0.2, 0.25) is 0 Å². The quantitative estimate of drug-likeness (QED) is 0.770. The van der Waals surface area contributed by atoms with Crippen molar-refractivity contribution < 1.29 is 13.2 Å². The molecule has 0 saturated carbocycles. The van der Waals surface area contributed by atoms with E-state index < -0.39 is 10.0 Å². The lowest BCUT2D eigenvalue weighted by molar-refractivity contribution is 0.0913. The van der Waals surface area contributed by atoms with E-state index >= 15 is 0 Å². The number of anilines is 1. The molecule has 0 aliphatic rings. The highest BCUT2D eigenvalue weighted by atomic mass is 32.2. The Balaban J connectivity index is 2.67. The molecule has 21 heavy (non-hydrogen) atoms. The van der Waals surface area contributed by atoms with Crippen LogP contribution in [0.4, 0.5) is 5.69 Å². The van der Waals surface area contributed by atoms with E-state index in [2.05, 4.69) is 18.6 Å². The van der Waals surface area contributed by atoms with Gasteiger partial charge in [-0.1, -0.05) is 26.0 Å². The molecule has 0 spiro atoms. The number of hydrogen-bond acceptors (Lipinski definition) is 4. The van der Waals surface area contributed by atoms with Crippen LogP contribution in [-0.2, 0) is 20.2 Å². The Bertz CT molecular complexity index is 537. The lowest BCUT2D eigenvalue weighted by Crippen LogP contribution is -2.28. The number of nitrogens with one attached hydrogen (secondary N) is 1. The maximum absolute atomic E-state index is 11.9. The van der Waals surface area contributed by atoms with Crippen LogP contribution in [0.1, 0.15) is 33.3 Å².